The summed E-state index contributed by atoms with van der Waals surface area (Å²) in [7, 11) is 0. The molecule has 3 nitrogen and oxygen atoms in total. The number of aromatic nitrogens is 1. The molecule has 2 N–H and O–H groups in total. The first-order chi connectivity index (χ1) is 8.61. The molecule has 0 aromatic carbocycles. The third-order valence-electron chi connectivity index (χ3n) is 3.70. The van der Waals surface area contributed by atoms with Crippen LogP contribution in [0.3, 0.4) is 0 Å². The summed E-state index contributed by atoms with van der Waals surface area (Å²) >= 11 is 0. The van der Waals surface area contributed by atoms with Crippen LogP contribution in [0.1, 0.15) is 51.8 Å². The molecule has 1 heterocycles. The summed E-state index contributed by atoms with van der Waals surface area (Å²) in [6, 6.07) is 4.83. The number of anilines is 1. The maximum Gasteiger partial charge on any atom is 0.0572 e. The Balaban J connectivity index is 2.09. The van der Waals surface area contributed by atoms with Gasteiger partial charge in [-0.15, -0.1) is 0 Å². The van der Waals surface area contributed by atoms with Gasteiger partial charge >= 0.3 is 0 Å². The molecule has 1 atom stereocenters. The minimum Gasteiger partial charge on any atom is -0.368 e. The predicted molar refractivity (Wildman–Crippen MR) is 76.7 cm³/mol. The van der Waals surface area contributed by atoms with Crippen LogP contribution in [0, 0.1) is 5.92 Å². The molecule has 1 fully saturated rings. The molecule has 0 saturated heterocycles. The van der Waals surface area contributed by atoms with Gasteiger partial charge in [0.15, 0.2) is 0 Å². The van der Waals surface area contributed by atoms with Crippen LogP contribution in [-0.2, 0) is 0 Å². The summed E-state index contributed by atoms with van der Waals surface area (Å²) in [5.74, 6) is 0.893. The van der Waals surface area contributed by atoms with Crippen LogP contribution in [0.5, 0.6) is 0 Å². The van der Waals surface area contributed by atoms with E-state index in [2.05, 4.69) is 42.8 Å². The summed E-state index contributed by atoms with van der Waals surface area (Å²) in [5, 5.41) is 0. The van der Waals surface area contributed by atoms with Gasteiger partial charge in [-0.1, -0.05) is 6.92 Å². The van der Waals surface area contributed by atoms with Gasteiger partial charge in [-0.05, 0) is 51.2 Å². The number of nitrogens with two attached hydrogens (primary N) is 1. The standard InChI is InChI=1S/C15H25N3/c1-4-14(16)15-8-7-13(9-17-15)18(11(2)3)10-12-5-6-12/h7-9,11-12,14H,4-6,10,16H2,1-3H3/t14-/m0/s1. The van der Waals surface area contributed by atoms with Crippen molar-refractivity contribution in [3.63, 3.8) is 0 Å². The average Bonchev–Trinajstić information content (AvgIpc) is 3.19. The molecule has 1 aliphatic rings. The highest BCUT2D eigenvalue weighted by atomic mass is 15.2. The molecule has 1 saturated carbocycles. The third kappa shape index (κ3) is 3.22. The van der Waals surface area contributed by atoms with E-state index < -0.39 is 0 Å². The second kappa shape index (κ2) is 5.70. The second-order valence-corrected chi connectivity index (χ2v) is 5.65. The lowest BCUT2D eigenvalue weighted by atomic mass is 10.1. The second-order valence-electron chi connectivity index (χ2n) is 5.65. The highest BCUT2D eigenvalue weighted by Gasteiger charge is 2.25. The quantitative estimate of drug-likeness (QED) is 0.840. The SMILES string of the molecule is CC[C@H](N)c1ccc(N(CC2CC2)C(C)C)cn1. The van der Waals surface area contributed by atoms with E-state index in [9.17, 15) is 0 Å². The zero-order chi connectivity index (χ0) is 13.1. The fraction of sp³-hybridized carbons (Fsp3) is 0.667. The summed E-state index contributed by atoms with van der Waals surface area (Å²) in [6.07, 6.45) is 5.68. The van der Waals surface area contributed by atoms with Gasteiger partial charge in [0.25, 0.3) is 0 Å². The molecule has 18 heavy (non-hydrogen) atoms. The Morgan fingerprint density at radius 3 is 2.56 bits per heavy atom. The predicted octanol–water partition coefficient (Wildman–Crippen LogP) is 3.12. The van der Waals surface area contributed by atoms with Crippen molar-refractivity contribution in [1.82, 2.24) is 4.98 Å². The maximum absolute atomic E-state index is 5.99. The summed E-state index contributed by atoms with van der Waals surface area (Å²) in [5.41, 5.74) is 8.22. The summed E-state index contributed by atoms with van der Waals surface area (Å²) in [6.45, 7) is 7.74. The van der Waals surface area contributed by atoms with Crippen molar-refractivity contribution in [3.05, 3.63) is 24.0 Å². The van der Waals surface area contributed by atoms with Crippen LogP contribution in [0.4, 0.5) is 5.69 Å². The first-order valence-electron chi connectivity index (χ1n) is 7.10. The topological polar surface area (TPSA) is 42.1 Å². The van der Waals surface area contributed by atoms with Crippen molar-refractivity contribution in [2.45, 2.75) is 52.1 Å². The highest BCUT2D eigenvalue weighted by molar-refractivity contribution is 5.46. The zero-order valence-electron chi connectivity index (χ0n) is 11.8. The molecule has 0 aliphatic heterocycles. The van der Waals surface area contributed by atoms with E-state index in [1.54, 1.807) is 0 Å². The lowest BCUT2D eigenvalue weighted by Gasteiger charge is -2.29. The number of hydrogen-bond acceptors (Lipinski definition) is 3. The Bertz CT molecular complexity index is 368. The fourth-order valence-electron chi connectivity index (χ4n) is 2.19. The smallest absolute Gasteiger partial charge is 0.0572 e. The van der Waals surface area contributed by atoms with E-state index in [1.807, 2.05) is 6.20 Å². The van der Waals surface area contributed by atoms with E-state index in [-0.39, 0.29) is 6.04 Å². The maximum atomic E-state index is 5.99. The van der Waals surface area contributed by atoms with Crippen molar-refractivity contribution in [1.29, 1.82) is 0 Å². The van der Waals surface area contributed by atoms with Crippen LogP contribution < -0.4 is 10.6 Å². The molecule has 0 radical (unpaired) electrons. The Kier molecular flexibility index (Phi) is 4.23. The van der Waals surface area contributed by atoms with Crippen molar-refractivity contribution in [2.24, 2.45) is 11.7 Å². The van der Waals surface area contributed by atoms with Crippen molar-refractivity contribution in [3.8, 4) is 0 Å². The van der Waals surface area contributed by atoms with Gasteiger partial charge in [0.05, 0.1) is 17.6 Å². The highest BCUT2D eigenvalue weighted by Crippen LogP contribution is 2.32. The molecule has 3 heteroatoms. The molecule has 0 spiro atoms. The monoisotopic (exact) mass is 247 g/mol. The number of rotatable bonds is 6. The van der Waals surface area contributed by atoms with Crippen LogP contribution in [0.15, 0.2) is 18.3 Å². The molecule has 1 aromatic heterocycles. The molecule has 100 valence electrons. The van der Waals surface area contributed by atoms with Gasteiger partial charge in [0.2, 0.25) is 0 Å². The van der Waals surface area contributed by atoms with Crippen LogP contribution in [-0.4, -0.2) is 17.6 Å². The zero-order valence-corrected chi connectivity index (χ0v) is 11.8. The molecule has 0 unspecified atom stereocenters. The molecule has 2 rings (SSSR count). The van der Waals surface area contributed by atoms with Crippen LogP contribution >= 0.6 is 0 Å². The van der Waals surface area contributed by atoms with Crippen LogP contribution in [0.2, 0.25) is 0 Å². The molecule has 0 amide bonds. The minimum absolute atomic E-state index is 0.0648. The van der Waals surface area contributed by atoms with E-state index in [1.165, 1.54) is 25.1 Å². The molecule has 0 bridgehead atoms. The Labute approximate surface area is 110 Å². The summed E-state index contributed by atoms with van der Waals surface area (Å²) in [4.78, 5) is 6.96. The van der Waals surface area contributed by atoms with Gasteiger partial charge in [-0.2, -0.15) is 0 Å². The van der Waals surface area contributed by atoms with Gasteiger partial charge in [0, 0.05) is 18.6 Å². The van der Waals surface area contributed by atoms with Crippen LogP contribution in [0.25, 0.3) is 0 Å². The van der Waals surface area contributed by atoms with Crippen molar-refractivity contribution in [2.75, 3.05) is 11.4 Å². The first-order valence-corrected chi connectivity index (χ1v) is 7.10. The van der Waals surface area contributed by atoms with Gasteiger partial charge in [-0.3, -0.25) is 4.98 Å². The Morgan fingerprint density at radius 2 is 2.11 bits per heavy atom. The van der Waals surface area contributed by atoms with Gasteiger partial charge in [0.1, 0.15) is 0 Å². The van der Waals surface area contributed by atoms with Crippen molar-refractivity contribution < 1.29 is 0 Å². The fourth-order valence-corrected chi connectivity index (χ4v) is 2.19. The van der Waals surface area contributed by atoms with E-state index in [0.29, 0.717) is 6.04 Å². The Morgan fingerprint density at radius 1 is 1.39 bits per heavy atom. The first kappa shape index (κ1) is 13.3. The lowest BCUT2D eigenvalue weighted by Crippen LogP contribution is -2.32. The normalized spacial score (nSPS) is 16.9. The molecular weight excluding hydrogens is 222 g/mol. The van der Waals surface area contributed by atoms with E-state index in [0.717, 1.165) is 18.0 Å². The summed E-state index contributed by atoms with van der Waals surface area (Å²) < 4.78 is 0. The van der Waals surface area contributed by atoms with E-state index >= 15 is 0 Å². The number of nitrogens with zero attached hydrogens (tertiary/aromatic N) is 2. The number of pyridine rings is 1. The molecular formula is C15H25N3. The Hall–Kier alpha value is -1.09. The largest absolute Gasteiger partial charge is 0.368 e. The molecule has 1 aliphatic carbocycles. The van der Waals surface area contributed by atoms with Gasteiger partial charge < -0.3 is 10.6 Å². The average molecular weight is 247 g/mol. The minimum atomic E-state index is 0.0648. The van der Waals surface area contributed by atoms with Gasteiger partial charge in [-0.25, -0.2) is 0 Å². The lowest BCUT2D eigenvalue weighted by molar-refractivity contribution is 0.640. The van der Waals surface area contributed by atoms with Crippen molar-refractivity contribution >= 4 is 5.69 Å². The number of hydrogen-bond donors (Lipinski definition) is 1. The van der Waals surface area contributed by atoms with E-state index in [4.69, 9.17) is 5.73 Å². The molecule has 1 aromatic rings. The third-order valence-corrected chi connectivity index (χ3v) is 3.70.